The normalized spacial score (nSPS) is 13.3. The average Bonchev–Trinajstić information content (AvgIpc) is 2.43. The van der Waals surface area contributed by atoms with Gasteiger partial charge in [-0.05, 0) is 24.6 Å². The fourth-order valence-corrected chi connectivity index (χ4v) is 2.50. The van der Waals surface area contributed by atoms with Crippen molar-refractivity contribution >= 4 is 26.6 Å². The van der Waals surface area contributed by atoms with Gasteiger partial charge in [-0.15, -0.1) is 0 Å². The number of anilines is 1. The molecule has 7 heteroatoms. The van der Waals surface area contributed by atoms with Gasteiger partial charge in [0, 0.05) is 11.6 Å². The summed E-state index contributed by atoms with van der Waals surface area (Å²) in [6, 6.07) is 4.60. The van der Waals surface area contributed by atoms with Crippen LogP contribution in [0.4, 0.5) is 5.82 Å². The van der Waals surface area contributed by atoms with Crippen molar-refractivity contribution in [2.45, 2.75) is 24.3 Å². The lowest BCUT2D eigenvalue weighted by Gasteiger charge is -2.16. The fourth-order valence-electron chi connectivity index (χ4n) is 1.85. The second kappa shape index (κ2) is 5.72. The number of hydrogen-bond acceptors (Lipinski definition) is 6. The molecule has 0 saturated heterocycles. The summed E-state index contributed by atoms with van der Waals surface area (Å²) in [4.78, 5) is 8.48. The third-order valence-corrected chi connectivity index (χ3v) is 4.20. The first-order chi connectivity index (χ1) is 9.45. The number of aliphatic hydroxyl groups is 1. The van der Waals surface area contributed by atoms with Crippen molar-refractivity contribution in [1.82, 2.24) is 9.97 Å². The highest BCUT2D eigenvalue weighted by Crippen LogP contribution is 2.23. The van der Waals surface area contributed by atoms with Crippen molar-refractivity contribution in [2.75, 3.05) is 18.2 Å². The molecule has 0 spiro atoms. The number of rotatable bonds is 5. The standard InChI is InChI=1S/C13H17N3O3S/c1-3-9(7-17)16-13-11-6-10(20(2,18)19)4-5-12(11)14-8-15-13/h4-6,8-9,17H,3,7H2,1-2H3,(H,14,15,16). The molecule has 0 aliphatic rings. The highest BCUT2D eigenvalue weighted by molar-refractivity contribution is 7.90. The summed E-state index contributed by atoms with van der Waals surface area (Å²) in [5, 5.41) is 13.0. The van der Waals surface area contributed by atoms with Crippen LogP contribution in [0.2, 0.25) is 0 Å². The van der Waals surface area contributed by atoms with Gasteiger partial charge in [0.1, 0.15) is 12.1 Å². The molecule has 1 heterocycles. The predicted octanol–water partition coefficient (Wildman–Crippen LogP) is 1.22. The Hall–Kier alpha value is -1.73. The van der Waals surface area contributed by atoms with E-state index in [0.717, 1.165) is 12.7 Å². The van der Waals surface area contributed by atoms with Gasteiger partial charge in [-0.25, -0.2) is 18.4 Å². The van der Waals surface area contributed by atoms with E-state index in [1.807, 2.05) is 6.92 Å². The van der Waals surface area contributed by atoms with Crippen LogP contribution in [0.3, 0.4) is 0 Å². The lowest BCUT2D eigenvalue weighted by molar-refractivity contribution is 0.271. The summed E-state index contributed by atoms with van der Waals surface area (Å²) < 4.78 is 23.2. The van der Waals surface area contributed by atoms with Crippen LogP contribution >= 0.6 is 0 Å². The maximum atomic E-state index is 11.6. The third-order valence-electron chi connectivity index (χ3n) is 3.09. The maximum absolute atomic E-state index is 11.6. The molecule has 2 rings (SSSR count). The number of nitrogens with zero attached hydrogens (tertiary/aromatic N) is 2. The minimum absolute atomic E-state index is 0.0201. The first kappa shape index (κ1) is 14.7. The van der Waals surface area contributed by atoms with E-state index in [4.69, 9.17) is 0 Å². The maximum Gasteiger partial charge on any atom is 0.175 e. The van der Waals surface area contributed by atoms with Crippen LogP contribution in [0, 0.1) is 0 Å². The van der Waals surface area contributed by atoms with Crippen LogP contribution in [0.25, 0.3) is 10.9 Å². The highest BCUT2D eigenvalue weighted by Gasteiger charge is 2.13. The van der Waals surface area contributed by atoms with Crippen LogP contribution in [0.5, 0.6) is 0 Å². The smallest absolute Gasteiger partial charge is 0.175 e. The highest BCUT2D eigenvalue weighted by atomic mass is 32.2. The molecule has 0 aliphatic heterocycles. The van der Waals surface area contributed by atoms with Crippen LogP contribution < -0.4 is 5.32 Å². The largest absolute Gasteiger partial charge is 0.394 e. The molecule has 1 atom stereocenters. The summed E-state index contributed by atoms with van der Waals surface area (Å²) in [6.07, 6.45) is 3.30. The zero-order valence-electron chi connectivity index (χ0n) is 11.4. The Morgan fingerprint density at radius 1 is 1.35 bits per heavy atom. The molecule has 1 aromatic heterocycles. The number of fused-ring (bicyclic) bond motifs is 1. The van der Waals surface area contributed by atoms with Gasteiger partial charge in [0.25, 0.3) is 0 Å². The number of aromatic nitrogens is 2. The number of benzene rings is 1. The summed E-state index contributed by atoms with van der Waals surface area (Å²) in [7, 11) is -3.28. The van der Waals surface area contributed by atoms with Gasteiger partial charge < -0.3 is 10.4 Å². The second-order valence-electron chi connectivity index (χ2n) is 4.61. The molecule has 0 saturated carbocycles. The molecule has 1 unspecified atom stereocenters. The van der Waals surface area contributed by atoms with Crippen LogP contribution in [0.15, 0.2) is 29.4 Å². The van der Waals surface area contributed by atoms with Gasteiger partial charge in [0.2, 0.25) is 0 Å². The SMILES string of the molecule is CCC(CO)Nc1ncnc2ccc(S(C)(=O)=O)cc12. The van der Waals surface area contributed by atoms with Crippen LogP contribution in [-0.2, 0) is 9.84 Å². The van der Waals surface area contributed by atoms with Gasteiger partial charge in [0.05, 0.1) is 23.1 Å². The first-order valence-electron chi connectivity index (χ1n) is 6.28. The zero-order valence-corrected chi connectivity index (χ0v) is 12.2. The van der Waals surface area contributed by atoms with Gasteiger partial charge >= 0.3 is 0 Å². The van der Waals surface area contributed by atoms with Gasteiger partial charge in [-0.3, -0.25) is 0 Å². The van der Waals surface area contributed by atoms with E-state index in [2.05, 4.69) is 15.3 Å². The van der Waals surface area contributed by atoms with Crippen molar-refractivity contribution in [3.63, 3.8) is 0 Å². The second-order valence-corrected chi connectivity index (χ2v) is 6.62. The Morgan fingerprint density at radius 2 is 2.10 bits per heavy atom. The molecule has 0 bridgehead atoms. The Balaban J connectivity index is 2.54. The lowest BCUT2D eigenvalue weighted by Crippen LogP contribution is -2.23. The third kappa shape index (κ3) is 3.05. The minimum atomic E-state index is -3.28. The van der Waals surface area contributed by atoms with Crippen molar-refractivity contribution in [3.8, 4) is 0 Å². The minimum Gasteiger partial charge on any atom is -0.394 e. The molecule has 108 valence electrons. The van der Waals surface area contributed by atoms with E-state index in [1.165, 1.54) is 12.4 Å². The van der Waals surface area contributed by atoms with Gasteiger partial charge in [-0.2, -0.15) is 0 Å². The number of nitrogens with one attached hydrogen (secondary N) is 1. The summed E-state index contributed by atoms with van der Waals surface area (Å²) in [5.74, 6) is 0.529. The topological polar surface area (TPSA) is 92.2 Å². The Labute approximate surface area is 117 Å². The monoisotopic (exact) mass is 295 g/mol. The van der Waals surface area contributed by atoms with Crippen LogP contribution in [-0.4, -0.2) is 42.4 Å². The van der Waals surface area contributed by atoms with Gasteiger partial charge in [-0.1, -0.05) is 6.92 Å². The van der Waals surface area contributed by atoms with E-state index in [0.29, 0.717) is 16.7 Å². The number of aliphatic hydroxyl groups excluding tert-OH is 1. The first-order valence-corrected chi connectivity index (χ1v) is 8.17. The van der Waals surface area contributed by atoms with Crippen molar-refractivity contribution in [3.05, 3.63) is 24.5 Å². The Bertz CT molecular complexity index is 712. The predicted molar refractivity (Wildman–Crippen MR) is 77.4 cm³/mol. The number of sulfone groups is 1. The van der Waals surface area contributed by atoms with E-state index >= 15 is 0 Å². The van der Waals surface area contributed by atoms with Crippen molar-refractivity contribution < 1.29 is 13.5 Å². The molecule has 2 N–H and O–H groups in total. The van der Waals surface area contributed by atoms with Crippen molar-refractivity contribution in [1.29, 1.82) is 0 Å². The number of hydrogen-bond donors (Lipinski definition) is 2. The summed E-state index contributed by atoms with van der Waals surface area (Å²) in [5.41, 5.74) is 0.655. The van der Waals surface area contributed by atoms with E-state index in [1.54, 1.807) is 12.1 Å². The molecular formula is C13H17N3O3S. The Morgan fingerprint density at radius 3 is 2.70 bits per heavy atom. The molecule has 1 aromatic carbocycles. The molecule has 0 fully saturated rings. The molecule has 20 heavy (non-hydrogen) atoms. The zero-order chi connectivity index (χ0) is 14.8. The van der Waals surface area contributed by atoms with Crippen molar-refractivity contribution in [2.24, 2.45) is 0 Å². The molecule has 6 nitrogen and oxygen atoms in total. The molecule has 0 radical (unpaired) electrons. The quantitative estimate of drug-likeness (QED) is 0.861. The van der Waals surface area contributed by atoms with Gasteiger partial charge in [0.15, 0.2) is 9.84 Å². The molecule has 2 aromatic rings. The average molecular weight is 295 g/mol. The van der Waals surface area contributed by atoms with E-state index in [9.17, 15) is 13.5 Å². The lowest BCUT2D eigenvalue weighted by atomic mass is 10.2. The van der Waals surface area contributed by atoms with Crippen LogP contribution in [0.1, 0.15) is 13.3 Å². The Kier molecular flexibility index (Phi) is 4.20. The molecule has 0 aliphatic carbocycles. The summed E-state index contributed by atoms with van der Waals surface area (Å²) >= 11 is 0. The fraction of sp³-hybridized carbons (Fsp3) is 0.385. The van der Waals surface area contributed by atoms with E-state index < -0.39 is 9.84 Å². The van der Waals surface area contributed by atoms with E-state index in [-0.39, 0.29) is 17.5 Å². The summed E-state index contributed by atoms with van der Waals surface area (Å²) in [6.45, 7) is 1.92. The molecule has 0 amide bonds. The molecular weight excluding hydrogens is 278 g/mol.